The molecule has 0 unspecified atom stereocenters. The van der Waals surface area contributed by atoms with Gasteiger partial charge in [0, 0.05) is 12.3 Å². The summed E-state index contributed by atoms with van der Waals surface area (Å²) in [5.74, 6) is -1.23. The van der Waals surface area contributed by atoms with Crippen LogP contribution in [0.4, 0.5) is 0 Å². The smallest absolute Gasteiger partial charge is 0.325 e. The van der Waals surface area contributed by atoms with Gasteiger partial charge in [-0.25, -0.2) is 0 Å². The molecule has 0 aliphatic carbocycles. The summed E-state index contributed by atoms with van der Waals surface area (Å²) in [6.45, 7) is 3.68. The summed E-state index contributed by atoms with van der Waals surface area (Å²) in [7, 11) is 0. The maximum Gasteiger partial charge on any atom is 0.325 e. The number of carbonyl (C=O) groups is 3. The van der Waals surface area contributed by atoms with E-state index in [4.69, 9.17) is 9.47 Å². The Hall–Kier alpha value is -2.37. The highest BCUT2D eigenvalue weighted by Crippen LogP contribution is 2.02. The van der Waals surface area contributed by atoms with Crippen molar-refractivity contribution in [2.75, 3.05) is 13.2 Å². The summed E-state index contributed by atoms with van der Waals surface area (Å²) in [6.07, 6.45) is 0.565. The minimum absolute atomic E-state index is 0.122. The number of carbonyl (C=O) groups excluding carboxylic acids is 3. The van der Waals surface area contributed by atoms with E-state index in [1.807, 2.05) is 30.3 Å². The van der Waals surface area contributed by atoms with Crippen LogP contribution in [0.5, 0.6) is 0 Å². The molecular weight excluding hydrogens is 298 g/mol. The number of amides is 1. The third-order valence-electron chi connectivity index (χ3n) is 2.96. The first-order valence-corrected chi connectivity index (χ1v) is 7.62. The number of esters is 2. The molecule has 0 aliphatic heterocycles. The molecule has 0 bridgehead atoms. The molecule has 0 saturated heterocycles. The Balaban J connectivity index is 2.06. The van der Waals surface area contributed by atoms with Crippen molar-refractivity contribution in [1.29, 1.82) is 0 Å². The predicted octanol–water partition coefficient (Wildman–Crippen LogP) is 1.83. The van der Waals surface area contributed by atoms with Crippen molar-refractivity contribution in [2.24, 2.45) is 5.92 Å². The summed E-state index contributed by atoms with van der Waals surface area (Å²) in [5.41, 5.74) is 0.924. The topological polar surface area (TPSA) is 81.7 Å². The fourth-order valence-corrected chi connectivity index (χ4v) is 1.63. The zero-order valence-corrected chi connectivity index (χ0v) is 13.5. The molecule has 0 atom stereocenters. The van der Waals surface area contributed by atoms with E-state index in [2.05, 4.69) is 5.32 Å². The van der Waals surface area contributed by atoms with Gasteiger partial charge in [0.05, 0.1) is 6.61 Å². The molecule has 0 aliphatic rings. The van der Waals surface area contributed by atoms with E-state index >= 15 is 0 Å². The molecule has 0 fully saturated rings. The minimum atomic E-state index is -0.517. The zero-order valence-electron chi connectivity index (χ0n) is 13.5. The second-order valence-electron chi connectivity index (χ2n) is 5.34. The van der Waals surface area contributed by atoms with Crippen LogP contribution in [0.2, 0.25) is 0 Å². The number of ether oxygens (including phenoxy) is 2. The largest absolute Gasteiger partial charge is 0.464 e. The Labute approximate surface area is 136 Å². The van der Waals surface area contributed by atoms with Crippen molar-refractivity contribution >= 4 is 17.8 Å². The van der Waals surface area contributed by atoms with Crippen LogP contribution in [-0.4, -0.2) is 31.0 Å². The number of rotatable bonds is 9. The monoisotopic (exact) mass is 321 g/mol. The minimum Gasteiger partial charge on any atom is -0.464 e. The average Bonchev–Trinajstić information content (AvgIpc) is 2.55. The highest BCUT2D eigenvalue weighted by molar-refractivity contribution is 5.83. The number of benzene rings is 1. The Kier molecular flexibility index (Phi) is 8.42. The van der Waals surface area contributed by atoms with E-state index in [9.17, 15) is 14.4 Å². The summed E-state index contributed by atoms with van der Waals surface area (Å²) >= 11 is 0. The Morgan fingerprint density at radius 1 is 1.04 bits per heavy atom. The van der Waals surface area contributed by atoms with Crippen LogP contribution in [0.15, 0.2) is 30.3 Å². The SMILES string of the molecule is CC(C)C(=O)NCC(=O)OCCCC(=O)OCc1ccccc1. The molecule has 126 valence electrons. The first kappa shape index (κ1) is 18.7. The lowest BCUT2D eigenvalue weighted by Gasteiger charge is -2.08. The standard InChI is InChI=1S/C17H23NO5/c1-13(2)17(21)18-11-16(20)22-10-6-9-15(19)23-12-14-7-4-3-5-8-14/h3-5,7-8,13H,6,9-12H2,1-2H3,(H,18,21). The van der Waals surface area contributed by atoms with Gasteiger partial charge in [-0.1, -0.05) is 44.2 Å². The molecular formula is C17H23NO5. The molecule has 0 aromatic heterocycles. The third-order valence-corrected chi connectivity index (χ3v) is 2.96. The Morgan fingerprint density at radius 2 is 1.74 bits per heavy atom. The summed E-state index contributed by atoms with van der Waals surface area (Å²) in [5, 5.41) is 2.46. The molecule has 0 radical (unpaired) electrons. The van der Waals surface area contributed by atoms with Crippen LogP contribution in [0, 0.1) is 5.92 Å². The van der Waals surface area contributed by atoms with E-state index < -0.39 is 5.97 Å². The van der Waals surface area contributed by atoms with Gasteiger partial charge in [-0.3, -0.25) is 14.4 Å². The maximum atomic E-state index is 11.5. The van der Waals surface area contributed by atoms with Crippen LogP contribution in [0.25, 0.3) is 0 Å². The van der Waals surface area contributed by atoms with Crippen molar-refractivity contribution in [3.8, 4) is 0 Å². The van der Waals surface area contributed by atoms with Crippen molar-refractivity contribution in [1.82, 2.24) is 5.32 Å². The molecule has 1 N–H and O–H groups in total. The van der Waals surface area contributed by atoms with Crippen LogP contribution in [-0.2, 0) is 30.5 Å². The molecule has 0 heterocycles. The van der Waals surface area contributed by atoms with Crippen LogP contribution < -0.4 is 5.32 Å². The molecule has 6 nitrogen and oxygen atoms in total. The van der Waals surface area contributed by atoms with Gasteiger partial charge in [-0.15, -0.1) is 0 Å². The van der Waals surface area contributed by atoms with Gasteiger partial charge in [0.25, 0.3) is 0 Å². The number of nitrogens with one attached hydrogen (secondary N) is 1. The quantitative estimate of drug-likeness (QED) is 0.554. The summed E-state index contributed by atoms with van der Waals surface area (Å²) in [4.78, 5) is 34.2. The molecule has 0 spiro atoms. The van der Waals surface area contributed by atoms with E-state index in [0.717, 1.165) is 5.56 Å². The molecule has 6 heteroatoms. The van der Waals surface area contributed by atoms with Crippen LogP contribution >= 0.6 is 0 Å². The van der Waals surface area contributed by atoms with Gasteiger partial charge >= 0.3 is 11.9 Å². The summed E-state index contributed by atoms with van der Waals surface area (Å²) in [6, 6.07) is 9.39. The predicted molar refractivity (Wildman–Crippen MR) is 84.3 cm³/mol. The molecule has 1 rings (SSSR count). The molecule has 1 aromatic rings. The maximum absolute atomic E-state index is 11.5. The van der Waals surface area contributed by atoms with Gasteiger partial charge in [-0.2, -0.15) is 0 Å². The van der Waals surface area contributed by atoms with Gasteiger partial charge in [0.15, 0.2) is 0 Å². The fourth-order valence-electron chi connectivity index (χ4n) is 1.63. The van der Waals surface area contributed by atoms with E-state index in [1.165, 1.54) is 0 Å². The number of hydrogen-bond acceptors (Lipinski definition) is 5. The lowest BCUT2D eigenvalue weighted by atomic mass is 10.2. The van der Waals surface area contributed by atoms with E-state index in [-0.39, 0.29) is 44.0 Å². The van der Waals surface area contributed by atoms with Crippen molar-refractivity contribution < 1.29 is 23.9 Å². The van der Waals surface area contributed by atoms with Crippen molar-refractivity contribution in [3.63, 3.8) is 0 Å². The zero-order chi connectivity index (χ0) is 17.1. The van der Waals surface area contributed by atoms with Crippen molar-refractivity contribution in [2.45, 2.75) is 33.3 Å². The third kappa shape index (κ3) is 8.60. The van der Waals surface area contributed by atoms with Crippen molar-refractivity contribution in [3.05, 3.63) is 35.9 Å². The first-order chi connectivity index (χ1) is 11.0. The average molecular weight is 321 g/mol. The molecule has 0 saturated carbocycles. The Morgan fingerprint density at radius 3 is 2.39 bits per heavy atom. The normalized spacial score (nSPS) is 10.2. The highest BCUT2D eigenvalue weighted by Gasteiger charge is 2.10. The molecule has 23 heavy (non-hydrogen) atoms. The van der Waals surface area contributed by atoms with E-state index in [1.54, 1.807) is 13.8 Å². The number of hydrogen-bond donors (Lipinski definition) is 1. The van der Waals surface area contributed by atoms with Gasteiger partial charge < -0.3 is 14.8 Å². The second kappa shape index (κ2) is 10.4. The van der Waals surface area contributed by atoms with E-state index in [0.29, 0.717) is 6.42 Å². The van der Waals surface area contributed by atoms with Gasteiger partial charge in [0.2, 0.25) is 5.91 Å². The lowest BCUT2D eigenvalue weighted by Crippen LogP contribution is -2.33. The van der Waals surface area contributed by atoms with Crippen LogP contribution in [0.1, 0.15) is 32.3 Å². The lowest BCUT2D eigenvalue weighted by molar-refractivity contribution is -0.148. The van der Waals surface area contributed by atoms with Gasteiger partial charge in [-0.05, 0) is 12.0 Å². The highest BCUT2D eigenvalue weighted by atomic mass is 16.5. The molecule has 1 amide bonds. The Bertz CT molecular complexity index is 513. The first-order valence-electron chi connectivity index (χ1n) is 7.62. The fraction of sp³-hybridized carbons (Fsp3) is 0.471. The summed E-state index contributed by atoms with van der Waals surface area (Å²) < 4.78 is 10.0. The molecule has 1 aromatic carbocycles. The van der Waals surface area contributed by atoms with Crippen LogP contribution in [0.3, 0.4) is 0 Å². The second-order valence-corrected chi connectivity index (χ2v) is 5.34. The van der Waals surface area contributed by atoms with Gasteiger partial charge in [0.1, 0.15) is 13.2 Å².